The van der Waals surface area contributed by atoms with Crippen LogP contribution in [-0.4, -0.2) is 37.2 Å². The van der Waals surface area contributed by atoms with Crippen molar-refractivity contribution in [2.75, 3.05) is 7.05 Å². The van der Waals surface area contributed by atoms with Gasteiger partial charge in [0, 0.05) is 29.4 Å². The van der Waals surface area contributed by atoms with Gasteiger partial charge >= 0.3 is 0 Å². The smallest absolute Gasteiger partial charge is 0.244 e. The first-order valence-corrected chi connectivity index (χ1v) is 12.3. The lowest BCUT2D eigenvalue weighted by Crippen LogP contribution is -2.64. The van der Waals surface area contributed by atoms with Gasteiger partial charge in [-0.15, -0.1) is 0 Å². The predicted octanol–water partition coefficient (Wildman–Crippen LogP) is 4.64. The summed E-state index contributed by atoms with van der Waals surface area (Å²) in [5, 5.41) is -1.19. The van der Waals surface area contributed by atoms with Crippen LogP contribution < -0.4 is 4.74 Å². The van der Waals surface area contributed by atoms with Gasteiger partial charge in [-0.3, -0.25) is 4.79 Å². The van der Waals surface area contributed by atoms with Crippen molar-refractivity contribution in [3.63, 3.8) is 0 Å². The molecule has 1 fully saturated rings. The van der Waals surface area contributed by atoms with Gasteiger partial charge in [0.05, 0.1) is 4.90 Å². The molecule has 3 atom stereocenters. The summed E-state index contributed by atoms with van der Waals surface area (Å²) in [7, 11) is -2.28. The molecule has 2 aliphatic heterocycles. The minimum Gasteiger partial charge on any atom is -0.468 e. The Hall–Kier alpha value is -1.86. The van der Waals surface area contributed by atoms with Gasteiger partial charge in [-0.1, -0.05) is 48.8 Å². The molecule has 1 saturated heterocycles. The van der Waals surface area contributed by atoms with Crippen molar-refractivity contribution in [1.29, 1.82) is 0 Å². The summed E-state index contributed by atoms with van der Waals surface area (Å²) < 4.78 is 34.4. The first-order valence-electron chi connectivity index (χ1n) is 9.95. The van der Waals surface area contributed by atoms with Crippen molar-refractivity contribution in [2.45, 2.75) is 61.3 Å². The van der Waals surface area contributed by atoms with E-state index >= 15 is 0 Å². The van der Waals surface area contributed by atoms with Crippen molar-refractivity contribution in [3.05, 3.63) is 58.1 Å². The second-order valence-corrected chi connectivity index (χ2v) is 12.4. The highest BCUT2D eigenvalue weighted by atomic mass is 79.9. The number of nitrogens with zero attached hydrogens (tertiary/aromatic N) is 1. The molecule has 2 bridgehead atoms. The van der Waals surface area contributed by atoms with E-state index in [1.807, 2.05) is 37.3 Å². The van der Waals surface area contributed by atoms with E-state index in [9.17, 15) is 13.2 Å². The van der Waals surface area contributed by atoms with Gasteiger partial charge in [0.15, 0.2) is 20.8 Å². The zero-order valence-corrected chi connectivity index (χ0v) is 20.2. The average Bonchev–Trinajstić information content (AvgIpc) is 2.66. The van der Waals surface area contributed by atoms with Crippen LogP contribution in [-0.2, 0) is 20.0 Å². The van der Waals surface area contributed by atoms with Gasteiger partial charge in [-0.2, -0.15) is 0 Å². The number of hydrogen-bond acceptors (Lipinski definition) is 4. The fourth-order valence-corrected chi connectivity index (χ4v) is 6.70. The molecule has 160 valence electrons. The maximum absolute atomic E-state index is 13.7. The van der Waals surface area contributed by atoms with E-state index in [4.69, 9.17) is 4.74 Å². The van der Waals surface area contributed by atoms with Crippen LogP contribution in [0.15, 0.2) is 51.8 Å². The molecule has 0 aliphatic carbocycles. The lowest BCUT2D eigenvalue weighted by molar-refractivity contribution is -0.159. The molecule has 2 aromatic carbocycles. The molecule has 5 nitrogen and oxygen atoms in total. The Bertz CT molecular complexity index is 1120. The molecule has 4 rings (SSSR count). The van der Waals surface area contributed by atoms with E-state index in [0.29, 0.717) is 12.2 Å². The van der Waals surface area contributed by atoms with Gasteiger partial charge < -0.3 is 9.64 Å². The van der Waals surface area contributed by atoms with Gasteiger partial charge in [0.2, 0.25) is 5.91 Å². The normalized spacial score (nSPS) is 26.2. The molecule has 2 heterocycles. The summed E-state index contributed by atoms with van der Waals surface area (Å²) >= 11 is 3.46. The van der Waals surface area contributed by atoms with Crippen molar-refractivity contribution in [2.24, 2.45) is 0 Å². The lowest BCUT2D eigenvalue weighted by Gasteiger charge is -2.51. The Kier molecular flexibility index (Phi) is 4.86. The number of piperidine rings is 1. The fraction of sp³-hybridized carbons (Fsp3) is 0.435. The predicted molar refractivity (Wildman–Crippen MR) is 119 cm³/mol. The van der Waals surface area contributed by atoms with Crippen molar-refractivity contribution < 1.29 is 17.9 Å². The van der Waals surface area contributed by atoms with E-state index in [1.165, 1.54) is 4.90 Å². The van der Waals surface area contributed by atoms with Crippen LogP contribution >= 0.6 is 15.9 Å². The number of sulfone groups is 1. The quantitative estimate of drug-likeness (QED) is 0.613. The van der Waals surface area contributed by atoms with E-state index < -0.39 is 32.6 Å². The monoisotopic (exact) mass is 491 g/mol. The SMILES string of the molecule is CN1C(=O)[C@@H](S(=O)(=O)c2ccc(C(C)(C)C)cc2)[C@H]2C[C@@]1(C)Oc1ccc(Br)cc12. The van der Waals surface area contributed by atoms with Crippen LogP contribution in [0.3, 0.4) is 0 Å². The number of carbonyl (C=O) groups excluding carboxylic acids is 1. The minimum atomic E-state index is -3.90. The zero-order valence-electron chi connectivity index (χ0n) is 17.8. The molecule has 7 heteroatoms. The van der Waals surface area contributed by atoms with Gasteiger partial charge in [0.1, 0.15) is 5.75 Å². The van der Waals surface area contributed by atoms with Crippen LogP contribution in [0.2, 0.25) is 0 Å². The molecular formula is C23H26BrNO4S. The summed E-state index contributed by atoms with van der Waals surface area (Å²) in [6.45, 7) is 8.07. The number of ether oxygens (including phenoxy) is 1. The summed E-state index contributed by atoms with van der Waals surface area (Å²) in [6.07, 6.45) is 0.419. The topological polar surface area (TPSA) is 63.7 Å². The summed E-state index contributed by atoms with van der Waals surface area (Å²) in [5.74, 6) is -0.286. The molecule has 30 heavy (non-hydrogen) atoms. The van der Waals surface area contributed by atoms with Gasteiger partial charge in [-0.25, -0.2) is 8.42 Å². The van der Waals surface area contributed by atoms with Gasteiger partial charge in [0.25, 0.3) is 0 Å². The summed E-state index contributed by atoms with van der Waals surface area (Å²) in [4.78, 5) is 15.0. The maximum Gasteiger partial charge on any atom is 0.244 e. The highest BCUT2D eigenvalue weighted by Crippen LogP contribution is 2.50. The Morgan fingerprint density at radius 2 is 1.77 bits per heavy atom. The second kappa shape index (κ2) is 6.82. The zero-order chi connectivity index (χ0) is 22.1. The van der Waals surface area contributed by atoms with Crippen molar-refractivity contribution in [1.82, 2.24) is 4.90 Å². The third kappa shape index (κ3) is 3.26. The number of rotatable bonds is 2. The average molecular weight is 492 g/mol. The van der Waals surface area contributed by atoms with E-state index in [2.05, 4.69) is 36.7 Å². The highest BCUT2D eigenvalue weighted by Gasteiger charge is 2.57. The van der Waals surface area contributed by atoms with Gasteiger partial charge in [-0.05, 0) is 48.2 Å². The van der Waals surface area contributed by atoms with Crippen molar-refractivity contribution in [3.8, 4) is 5.75 Å². The van der Waals surface area contributed by atoms with Crippen LogP contribution in [0.1, 0.15) is 51.2 Å². The molecule has 0 spiro atoms. The molecular weight excluding hydrogens is 466 g/mol. The van der Waals surface area contributed by atoms with Crippen LogP contribution in [0.5, 0.6) is 5.75 Å². The summed E-state index contributed by atoms with van der Waals surface area (Å²) in [5.41, 5.74) is 0.839. The molecule has 0 saturated carbocycles. The number of hydrogen-bond donors (Lipinski definition) is 0. The molecule has 2 aliphatic rings. The standard InChI is InChI=1S/C23H26BrNO4S/c1-22(2,3)14-6-9-16(10-7-14)30(27,28)20-18-13-23(4,25(5)21(20)26)29-19-11-8-15(24)12-17(18)19/h6-12,18,20H,13H2,1-5H3/t18-,20-,23+/m0/s1. The van der Waals surface area contributed by atoms with Crippen LogP contribution in [0.4, 0.5) is 0 Å². The molecule has 0 aromatic heterocycles. The molecule has 0 N–H and O–H groups in total. The number of halogens is 1. The number of likely N-dealkylation sites (tertiary alicyclic amines) is 1. The third-order valence-electron chi connectivity index (χ3n) is 6.33. The summed E-state index contributed by atoms with van der Waals surface area (Å²) in [6, 6.07) is 12.5. The van der Waals surface area contributed by atoms with E-state index in [1.54, 1.807) is 19.2 Å². The highest BCUT2D eigenvalue weighted by molar-refractivity contribution is 9.10. The molecule has 2 aromatic rings. The van der Waals surface area contributed by atoms with Crippen LogP contribution in [0.25, 0.3) is 0 Å². The number of amides is 1. The first-order chi connectivity index (χ1) is 13.8. The number of fused-ring (bicyclic) bond motifs is 4. The lowest BCUT2D eigenvalue weighted by atomic mass is 9.80. The molecule has 0 unspecified atom stereocenters. The van der Waals surface area contributed by atoms with E-state index in [0.717, 1.165) is 15.6 Å². The fourth-order valence-electron chi connectivity index (χ4n) is 4.41. The number of benzene rings is 2. The van der Waals surface area contributed by atoms with Crippen molar-refractivity contribution >= 4 is 31.7 Å². The third-order valence-corrected chi connectivity index (χ3v) is 8.95. The number of carbonyl (C=O) groups is 1. The maximum atomic E-state index is 13.7. The Labute approximate surface area is 186 Å². The van der Waals surface area contributed by atoms with Crippen LogP contribution in [0, 0.1) is 0 Å². The Morgan fingerprint density at radius 3 is 2.37 bits per heavy atom. The molecule has 0 radical (unpaired) electrons. The molecule has 1 amide bonds. The second-order valence-electron chi connectivity index (χ2n) is 9.41. The Morgan fingerprint density at radius 1 is 1.13 bits per heavy atom. The van der Waals surface area contributed by atoms with E-state index in [-0.39, 0.29) is 10.3 Å². The first kappa shape index (κ1) is 21.4. The Balaban J connectivity index is 1.84. The minimum absolute atomic E-state index is 0.0864. The largest absolute Gasteiger partial charge is 0.468 e.